The smallest absolute Gasteiger partial charge is 0.296 e. The maximum Gasteiger partial charge on any atom is 0.296 e. The minimum Gasteiger partial charge on any atom is -0.455 e. The van der Waals surface area contributed by atoms with E-state index in [4.69, 9.17) is 16.0 Å². The molecule has 6 heteroatoms. The van der Waals surface area contributed by atoms with Gasteiger partial charge in [-0.2, -0.15) is 0 Å². The van der Waals surface area contributed by atoms with Crippen LogP contribution < -0.4 is 5.32 Å². The largest absolute Gasteiger partial charge is 0.455 e. The summed E-state index contributed by atoms with van der Waals surface area (Å²) in [5.41, 5.74) is -0.461. The van der Waals surface area contributed by atoms with Crippen molar-refractivity contribution in [1.82, 2.24) is 5.32 Å². The summed E-state index contributed by atoms with van der Waals surface area (Å²) < 4.78 is 5.06. The topological polar surface area (TPSA) is 76.4 Å². The fourth-order valence-electron chi connectivity index (χ4n) is 1.31. The van der Waals surface area contributed by atoms with E-state index in [1.807, 2.05) is 0 Å². The van der Waals surface area contributed by atoms with Gasteiger partial charge in [-0.1, -0.05) is 11.6 Å². The Hall–Kier alpha value is -1.62. The predicted octanol–water partition coefficient (Wildman–Crippen LogP) is 2.15. The number of nitrogens with one attached hydrogen (secondary N) is 1. The number of carbonyl (C=O) groups excluding carboxylic acids is 3. The summed E-state index contributed by atoms with van der Waals surface area (Å²) in [4.78, 5) is 34.2. The van der Waals surface area contributed by atoms with E-state index in [1.54, 1.807) is 20.8 Å². The molecular weight excluding hydrogens is 258 g/mol. The second-order valence-electron chi connectivity index (χ2n) is 4.87. The first-order chi connectivity index (χ1) is 8.17. The minimum atomic E-state index is -0.897. The highest BCUT2D eigenvalue weighted by atomic mass is 35.5. The third kappa shape index (κ3) is 2.98. The molecule has 0 atom stereocenters. The number of amides is 1. The van der Waals surface area contributed by atoms with Crippen LogP contribution in [0.5, 0.6) is 0 Å². The first-order valence-corrected chi connectivity index (χ1v) is 5.66. The molecule has 0 radical (unpaired) electrons. The van der Waals surface area contributed by atoms with E-state index in [1.165, 1.54) is 6.92 Å². The molecule has 0 saturated heterocycles. The molecule has 98 valence electrons. The fraction of sp³-hybridized carbons (Fsp3) is 0.417. The van der Waals surface area contributed by atoms with Gasteiger partial charge in [0.2, 0.25) is 0 Å². The van der Waals surface area contributed by atoms with Gasteiger partial charge in [-0.05, 0) is 27.7 Å². The molecule has 1 heterocycles. The maximum atomic E-state index is 11.8. The van der Waals surface area contributed by atoms with Crippen LogP contribution in [0.15, 0.2) is 4.42 Å². The van der Waals surface area contributed by atoms with E-state index in [-0.39, 0.29) is 22.1 Å². The van der Waals surface area contributed by atoms with Crippen molar-refractivity contribution in [3.8, 4) is 0 Å². The Morgan fingerprint density at radius 2 is 1.89 bits per heavy atom. The molecule has 0 aliphatic carbocycles. The van der Waals surface area contributed by atoms with Gasteiger partial charge in [0.25, 0.3) is 11.7 Å². The van der Waals surface area contributed by atoms with Crippen molar-refractivity contribution >= 4 is 29.6 Å². The summed E-state index contributed by atoms with van der Waals surface area (Å²) in [7, 11) is 0. The molecule has 0 bridgehead atoms. The van der Waals surface area contributed by atoms with E-state index >= 15 is 0 Å². The Bertz CT molecular complexity index is 511. The average Bonchev–Trinajstić information content (AvgIpc) is 2.50. The van der Waals surface area contributed by atoms with Crippen molar-refractivity contribution in [2.75, 3.05) is 0 Å². The summed E-state index contributed by atoms with van der Waals surface area (Å²) in [6.07, 6.45) is 0.486. The van der Waals surface area contributed by atoms with Gasteiger partial charge >= 0.3 is 0 Å². The quantitative estimate of drug-likeness (QED) is 0.519. The lowest BCUT2D eigenvalue weighted by Gasteiger charge is -2.19. The van der Waals surface area contributed by atoms with Crippen molar-refractivity contribution in [2.24, 2.45) is 0 Å². The van der Waals surface area contributed by atoms with Crippen LogP contribution in [0.2, 0.25) is 5.02 Å². The Morgan fingerprint density at radius 3 is 2.28 bits per heavy atom. The zero-order valence-electron chi connectivity index (χ0n) is 10.6. The number of Topliss-reactive ketones (excluding diaryl/α,β-unsaturated/α-hetero) is 1. The third-order valence-electron chi connectivity index (χ3n) is 2.09. The van der Waals surface area contributed by atoms with Crippen LogP contribution in [0, 0.1) is 6.92 Å². The Kier molecular flexibility index (Phi) is 3.96. The number of rotatable bonds is 3. The molecular formula is C12H14ClNO4. The molecule has 1 amide bonds. The molecule has 0 unspecified atom stereocenters. The number of halogens is 1. The zero-order chi connectivity index (χ0) is 14.1. The van der Waals surface area contributed by atoms with Crippen molar-refractivity contribution in [3.63, 3.8) is 0 Å². The zero-order valence-corrected chi connectivity index (χ0v) is 11.3. The average molecular weight is 272 g/mol. The number of hydrogen-bond donors (Lipinski definition) is 1. The molecule has 0 aromatic carbocycles. The SMILES string of the molecule is Cc1oc(C(=O)C(=O)NC(C)(C)C)c(Cl)c1C=O. The number of ketones is 1. The number of carbonyl (C=O) groups is 3. The molecule has 18 heavy (non-hydrogen) atoms. The first-order valence-electron chi connectivity index (χ1n) is 5.28. The van der Waals surface area contributed by atoms with Crippen molar-refractivity contribution < 1.29 is 18.8 Å². The summed E-state index contributed by atoms with van der Waals surface area (Å²) in [5.74, 6) is -1.82. The van der Waals surface area contributed by atoms with Crippen LogP contribution in [-0.4, -0.2) is 23.5 Å². The Morgan fingerprint density at radius 1 is 1.33 bits per heavy atom. The number of aryl methyl sites for hydroxylation is 1. The molecule has 0 aliphatic heterocycles. The van der Waals surface area contributed by atoms with Crippen LogP contribution in [0.3, 0.4) is 0 Å². The van der Waals surface area contributed by atoms with E-state index in [2.05, 4.69) is 5.32 Å². The van der Waals surface area contributed by atoms with Gasteiger partial charge in [-0.3, -0.25) is 14.4 Å². The Balaban J connectivity index is 3.05. The molecule has 0 aliphatic rings. The molecule has 0 saturated carbocycles. The summed E-state index contributed by atoms with van der Waals surface area (Å²) in [6, 6.07) is 0. The van der Waals surface area contributed by atoms with E-state index < -0.39 is 17.2 Å². The summed E-state index contributed by atoms with van der Waals surface area (Å²) >= 11 is 5.81. The highest BCUT2D eigenvalue weighted by Gasteiger charge is 2.28. The standard InChI is InChI=1S/C12H14ClNO4/c1-6-7(5-15)8(13)10(18-6)9(16)11(17)14-12(2,3)4/h5H,1-4H3,(H,14,17). The Labute approximate surface area is 109 Å². The second kappa shape index (κ2) is 4.94. The van der Waals surface area contributed by atoms with E-state index in [0.717, 1.165) is 0 Å². The molecule has 0 spiro atoms. The lowest BCUT2D eigenvalue weighted by atomic mass is 10.1. The fourth-order valence-corrected chi connectivity index (χ4v) is 1.61. The van der Waals surface area contributed by atoms with E-state index in [9.17, 15) is 14.4 Å². The van der Waals surface area contributed by atoms with Crippen LogP contribution in [-0.2, 0) is 4.79 Å². The highest BCUT2D eigenvalue weighted by molar-refractivity contribution is 6.47. The normalized spacial score (nSPS) is 11.2. The molecule has 1 rings (SSSR count). The number of furan rings is 1. The molecule has 1 N–H and O–H groups in total. The molecule has 0 fully saturated rings. The van der Waals surface area contributed by atoms with Gasteiger partial charge in [0, 0.05) is 5.54 Å². The van der Waals surface area contributed by atoms with Crippen LogP contribution in [0.4, 0.5) is 0 Å². The van der Waals surface area contributed by atoms with Crippen LogP contribution >= 0.6 is 11.6 Å². The third-order valence-corrected chi connectivity index (χ3v) is 2.46. The maximum absolute atomic E-state index is 11.8. The second-order valence-corrected chi connectivity index (χ2v) is 5.24. The van der Waals surface area contributed by atoms with Crippen molar-refractivity contribution in [3.05, 3.63) is 22.1 Å². The van der Waals surface area contributed by atoms with Gasteiger partial charge in [-0.15, -0.1) is 0 Å². The predicted molar refractivity (Wildman–Crippen MR) is 66.1 cm³/mol. The van der Waals surface area contributed by atoms with Crippen LogP contribution in [0.1, 0.15) is 47.4 Å². The molecule has 1 aromatic rings. The van der Waals surface area contributed by atoms with Crippen LogP contribution in [0.25, 0.3) is 0 Å². The van der Waals surface area contributed by atoms with Gasteiger partial charge in [0.15, 0.2) is 12.0 Å². The van der Waals surface area contributed by atoms with Crippen molar-refractivity contribution in [2.45, 2.75) is 33.2 Å². The monoisotopic (exact) mass is 271 g/mol. The number of hydrogen-bond acceptors (Lipinski definition) is 4. The van der Waals surface area contributed by atoms with E-state index in [0.29, 0.717) is 6.29 Å². The van der Waals surface area contributed by atoms with Crippen molar-refractivity contribution in [1.29, 1.82) is 0 Å². The molecule has 1 aromatic heterocycles. The van der Waals surface area contributed by atoms with Gasteiger partial charge in [-0.25, -0.2) is 0 Å². The first kappa shape index (κ1) is 14.4. The lowest BCUT2D eigenvalue weighted by Crippen LogP contribution is -2.44. The highest BCUT2D eigenvalue weighted by Crippen LogP contribution is 2.26. The van der Waals surface area contributed by atoms with Gasteiger partial charge in [0.1, 0.15) is 10.8 Å². The molecule has 5 nitrogen and oxygen atoms in total. The number of aldehydes is 1. The summed E-state index contributed by atoms with van der Waals surface area (Å²) in [5, 5.41) is 2.37. The minimum absolute atomic E-state index is 0.0866. The summed E-state index contributed by atoms with van der Waals surface area (Å²) in [6.45, 7) is 6.71. The van der Waals surface area contributed by atoms with Gasteiger partial charge < -0.3 is 9.73 Å². The lowest BCUT2D eigenvalue weighted by molar-refractivity contribution is -0.118. The van der Waals surface area contributed by atoms with Gasteiger partial charge in [0.05, 0.1) is 5.56 Å².